The highest BCUT2D eigenvalue weighted by atomic mass is 16.5. The number of anilines is 1. The van der Waals surface area contributed by atoms with Gasteiger partial charge < -0.3 is 14.8 Å². The minimum atomic E-state index is -0.445. The van der Waals surface area contributed by atoms with Crippen LogP contribution in [0.15, 0.2) is 54.6 Å². The van der Waals surface area contributed by atoms with Crippen LogP contribution in [0.25, 0.3) is 0 Å². The van der Waals surface area contributed by atoms with Gasteiger partial charge in [0.15, 0.2) is 6.61 Å². The molecule has 0 aliphatic heterocycles. The molecule has 2 aromatic carbocycles. The fourth-order valence-corrected chi connectivity index (χ4v) is 2.46. The first-order chi connectivity index (χ1) is 13.0. The van der Waals surface area contributed by atoms with Gasteiger partial charge in [0.1, 0.15) is 0 Å². The number of hydrogen-bond acceptors (Lipinski definition) is 5. The van der Waals surface area contributed by atoms with E-state index in [4.69, 9.17) is 9.47 Å². The first kappa shape index (κ1) is 20.2. The van der Waals surface area contributed by atoms with Crippen LogP contribution in [0.1, 0.15) is 42.1 Å². The van der Waals surface area contributed by atoms with Crippen molar-refractivity contribution in [2.75, 3.05) is 18.5 Å². The molecule has 0 bridgehead atoms. The van der Waals surface area contributed by atoms with Crippen LogP contribution < -0.4 is 5.32 Å². The summed E-state index contributed by atoms with van der Waals surface area (Å²) >= 11 is 0. The van der Waals surface area contributed by atoms with Crippen LogP contribution in [-0.2, 0) is 19.1 Å². The molecule has 0 radical (unpaired) electrons. The van der Waals surface area contributed by atoms with Crippen molar-refractivity contribution < 1.29 is 23.9 Å². The zero-order chi connectivity index (χ0) is 19.6. The van der Waals surface area contributed by atoms with Gasteiger partial charge >= 0.3 is 11.9 Å². The van der Waals surface area contributed by atoms with Gasteiger partial charge in [0.2, 0.25) is 0 Å². The summed E-state index contributed by atoms with van der Waals surface area (Å²) in [5.41, 5.74) is 1.94. The number of hydrogen-bond donors (Lipinski definition) is 1. The first-order valence-corrected chi connectivity index (χ1v) is 8.77. The van der Waals surface area contributed by atoms with Gasteiger partial charge in [0.05, 0.1) is 18.6 Å². The summed E-state index contributed by atoms with van der Waals surface area (Å²) in [5.74, 6) is -1.28. The van der Waals surface area contributed by atoms with E-state index in [1.165, 1.54) is 0 Å². The Balaban J connectivity index is 1.77. The topological polar surface area (TPSA) is 81.7 Å². The maximum atomic E-state index is 11.9. The summed E-state index contributed by atoms with van der Waals surface area (Å²) in [7, 11) is 0. The van der Waals surface area contributed by atoms with Crippen molar-refractivity contribution in [3.05, 3.63) is 65.7 Å². The second-order valence-corrected chi connectivity index (χ2v) is 6.02. The molecule has 6 nitrogen and oxygen atoms in total. The Hall–Kier alpha value is -3.15. The number of esters is 2. The molecule has 1 atom stereocenters. The normalized spacial score (nSPS) is 11.3. The van der Waals surface area contributed by atoms with E-state index in [-0.39, 0.29) is 18.9 Å². The number of rotatable bonds is 8. The zero-order valence-electron chi connectivity index (χ0n) is 15.4. The molecule has 0 aliphatic rings. The minimum Gasteiger partial charge on any atom is -0.462 e. The summed E-state index contributed by atoms with van der Waals surface area (Å²) in [6.45, 7) is 3.60. The van der Waals surface area contributed by atoms with E-state index < -0.39 is 17.8 Å². The molecule has 0 aromatic heterocycles. The average Bonchev–Trinajstić information content (AvgIpc) is 2.68. The van der Waals surface area contributed by atoms with Crippen molar-refractivity contribution in [1.29, 1.82) is 0 Å². The molecule has 0 saturated heterocycles. The zero-order valence-corrected chi connectivity index (χ0v) is 15.4. The Kier molecular flexibility index (Phi) is 7.55. The molecule has 2 rings (SSSR count). The quantitative estimate of drug-likeness (QED) is 0.720. The van der Waals surface area contributed by atoms with Crippen molar-refractivity contribution in [1.82, 2.24) is 0 Å². The molecule has 0 saturated carbocycles. The summed E-state index contributed by atoms with van der Waals surface area (Å²) in [6.07, 6.45) is 0.200. The van der Waals surface area contributed by atoms with Crippen LogP contribution in [-0.4, -0.2) is 31.1 Å². The van der Waals surface area contributed by atoms with Crippen LogP contribution in [0, 0.1) is 0 Å². The molecule has 0 unspecified atom stereocenters. The van der Waals surface area contributed by atoms with Crippen molar-refractivity contribution in [3.8, 4) is 0 Å². The molecule has 6 heteroatoms. The van der Waals surface area contributed by atoms with Crippen LogP contribution in [0.5, 0.6) is 0 Å². The SMILES string of the molecule is CCOC(=O)c1ccc(NC(=O)COC(=O)C[C@@H](C)c2ccccc2)cc1. The monoisotopic (exact) mass is 369 g/mol. The predicted molar refractivity (Wildman–Crippen MR) is 101 cm³/mol. The van der Waals surface area contributed by atoms with Crippen molar-refractivity contribution in [2.45, 2.75) is 26.2 Å². The van der Waals surface area contributed by atoms with Gasteiger partial charge in [0.25, 0.3) is 5.91 Å². The van der Waals surface area contributed by atoms with Gasteiger partial charge in [-0.3, -0.25) is 9.59 Å². The fraction of sp³-hybridized carbons (Fsp3) is 0.286. The lowest BCUT2D eigenvalue weighted by atomic mass is 9.98. The highest BCUT2D eigenvalue weighted by molar-refractivity contribution is 5.94. The standard InChI is InChI=1S/C21H23NO5/c1-3-26-21(25)17-9-11-18(12-10-17)22-19(23)14-27-20(24)13-15(2)16-7-5-4-6-8-16/h4-12,15H,3,13-14H2,1-2H3,(H,22,23)/t15-/m1/s1. The predicted octanol–water partition coefficient (Wildman–Crippen LogP) is 3.54. The number of amides is 1. The van der Waals surface area contributed by atoms with E-state index in [0.717, 1.165) is 5.56 Å². The number of nitrogens with one attached hydrogen (secondary N) is 1. The first-order valence-electron chi connectivity index (χ1n) is 8.77. The van der Waals surface area contributed by atoms with E-state index in [2.05, 4.69) is 5.32 Å². The van der Waals surface area contributed by atoms with Gasteiger partial charge in [-0.15, -0.1) is 0 Å². The second-order valence-electron chi connectivity index (χ2n) is 6.02. The minimum absolute atomic E-state index is 0.0113. The largest absolute Gasteiger partial charge is 0.462 e. The molecular weight excluding hydrogens is 346 g/mol. The molecule has 0 heterocycles. The molecule has 1 N–H and O–H groups in total. The number of benzene rings is 2. The molecule has 2 aromatic rings. The summed E-state index contributed by atoms with van der Waals surface area (Å²) in [4.78, 5) is 35.4. The van der Waals surface area contributed by atoms with E-state index in [1.54, 1.807) is 31.2 Å². The van der Waals surface area contributed by atoms with Crippen LogP contribution >= 0.6 is 0 Å². The van der Waals surface area contributed by atoms with Gasteiger partial charge in [0, 0.05) is 5.69 Å². The van der Waals surface area contributed by atoms with Crippen LogP contribution in [0.3, 0.4) is 0 Å². The van der Waals surface area contributed by atoms with E-state index in [9.17, 15) is 14.4 Å². The van der Waals surface area contributed by atoms with Gasteiger partial charge in [-0.05, 0) is 42.7 Å². The highest BCUT2D eigenvalue weighted by Crippen LogP contribution is 2.18. The number of ether oxygens (including phenoxy) is 2. The Morgan fingerprint density at radius 2 is 1.63 bits per heavy atom. The van der Waals surface area contributed by atoms with Crippen LogP contribution in [0.4, 0.5) is 5.69 Å². The summed E-state index contributed by atoms with van der Waals surface area (Å²) in [5, 5.41) is 2.61. The molecule has 142 valence electrons. The molecule has 0 fully saturated rings. The van der Waals surface area contributed by atoms with Crippen molar-refractivity contribution in [3.63, 3.8) is 0 Å². The van der Waals surface area contributed by atoms with Crippen molar-refractivity contribution >= 4 is 23.5 Å². The Labute approximate surface area is 158 Å². The van der Waals surface area contributed by atoms with Gasteiger partial charge in [-0.2, -0.15) is 0 Å². The lowest BCUT2D eigenvalue weighted by Gasteiger charge is -2.11. The third kappa shape index (κ3) is 6.58. The van der Waals surface area contributed by atoms with Crippen molar-refractivity contribution in [2.24, 2.45) is 0 Å². The van der Waals surface area contributed by atoms with E-state index in [0.29, 0.717) is 17.9 Å². The Morgan fingerprint density at radius 1 is 0.963 bits per heavy atom. The smallest absolute Gasteiger partial charge is 0.338 e. The van der Waals surface area contributed by atoms with E-state index in [1.807, 2.05) is 37.3 Å². The van der Waals surface area contributed by atoms with Gasteiger partial charge in [-0.25, -0.2) is 4.79 Å². The number of carbonyl (C=O) groups is 3. The molecule has 1 amide bonds. The number of carbonyl (C=O) groups excluding carboxylic acids is 3. The molecule has 27 heavy (non-hydrogen) atoms. The summed E-state index contributed by atoms with van der Waals surface area (Å²) in [6, 6.07) is 15.9. The Morgan fingerprint density at radius 3 is 2.26 bits per heavy atom. The lowest BCUT2D eigenvalue weighted by Crippen LogP contribution is -2.21. The molecule has 0 spiro atoms. The highest BCUT2D eigenvalue weighted by Gasteiger charge is 2.14. The van der Waals surface area contributed by atoms with Gasteiger partial charge in [-0.1, -0.05) is 37.3 Å². The fourth-order valence-electron chi connectivity index (χ4n) is 2.46. The maximum Gasteiger partial charge on any atom is 0.338 e. The third-order valence-corrected chi connectivity index (χ3v) is 3.89. The van der Waals surface area contributed by atoms with Crippen LogP contribution in [0.2, 0.25) is 0 Å². The van der Waals surface area contributed by atoms with E-state index >= 15 is 0 Å². The second kappa shape index (κ2) is 10.1. The molecular formula is C21H23NO5. The lowest BCUT2D eigenvalue weighted by molar-refractivity contribution is -0.147. The maximum absolute atomic E-state index is 11.9. The Bertz CT molecular complexity index is 771. The summed E-state index contributed by atoms with van der Waals surface area (Å²) < 4.78 is 9.93. The average molecular weight is 369 g/mol. The third-order valence-electron chi connectivity index (χ3n) is 3.89. The molecule has 0 aliphatic carbocycles.